The van der Waals surface area contributed by atoms with Crippen LogP contribution in [0.5, 0.6) is 0 Å². The molecule has 0 saturated carbocycles. The number of likely N-dealkylation sites (tertiary alicyclic amines) is 1. The molecule has 1 fully saturated rings. The maximum atomic E-state index is 12.2. The van der Waals surface area contributed by atoms with E-state index in [4.69, 9.17) is 16.3 Å². The number of aromatic nitrogens is 2. The molecule has 10 heteroatoms. The number of hydrogen-bond donors (Lipinski definition) is 2. The molecule has 2 heterocycles. The molecule has 2 amide bonds. The summed E-state index contributed by atoms with van der Waals surface area (Å²) in [7, 11) is 0. The highest BCUT2D eigenvalue weighted by Gasteiger charge is 2.18. The minimum absolute atomic E-state index is 0.0564. The van der Waals surface area contributed by atoms with Crippen molar-refractivity contribution in [3.05, 3.63) is 39.3 Å². The molecule has 0 radical (unpaired) electrons. The molecule has 8 nitrogen and oxygen atoms in total. The van der Waals surface area contributed by atoms with Crippen LogP contribution in [0.2, 0.25) is 5.02 Å². The van der Waals surface area contributed by atoms with Gasteiger partial charge in [-0.05, 0) is 44.5 Å². The normalized spacial score (nSPS) is 16.9. The van der Waals surface area contributed by atoms with Gasteiger partial charge in [0.2, 0.25) is 10.9 Å². The lowest BCUT2D eigenvalue weighted by atomic mass is 10.0. The van der Waals surface area contributed by atoms with Crippen molar-refractivity contribution in [3.63, 3.8) is 0 Å². The number of amides is 2. The van der Waals surface area contributed by atoms with Gasteiger partial charge in [0.15, 0.2) is 0 Å². The van der Waals surface area contributed by atoms with E-state index >= 15 is 0 Å². The third kappa shape index (κ3) is 7.02. The summed E-state index contributed by atoms with van der Waals surface area (Å²) in [5, 5.41) is 14.7. The Labute approximate surface area is 185 Å². The molecule has 1 aromatic carbocycles. The molecule has 1 aromatic heterocycles. The van der Waals surface area contributed by atoms with E-state index in [1.807, 2.05) is 0 Å². The lowest BCUT2D eigenvalue weighted by Crippen LogP contribution is -2.43. The Bertz CT molecular complexity index is 862. The van der Waals surface area contributed by atoms with Crippen LogP contribution in [0.1, 0.15) is 41.0 Å². The second-order valence-corrected chi connectivity index (χ2v) is 8.69. The van der Waals surface area contributed by atoms with Gasteiger partial charge in [0.1, 0.15) is 18.2 Å². The van der Waals surface area contributed by atoms with Crippen molar-refractivity contribution in [2.45, 2.75) is 38.8 Å². The van der Waals surface area contributed by atoms with Gasteiger partial charge >= 0.3 is 0 Å². The number of halogens is 1. The minimum atomic E-state index is -0.370. The third-order valence-corrected chi connectivity index (χ3v) is 5.99. The van der Waals surface area contributed by atoms with Crippen LogP contribution in [0.3, 0.4) is 0 Å². The highest BCUT2D eigenvalue weighted by Crippen LogP contribution is 2.18. The van der Waals surface area contributed by atoms with Gasteiger partial charge in [0, 0.05) is 29.8 Å². The van der Waals surface area contributed by atoms with Gasteiger partial charge in [-0.15, -0.1) is 10.2 Å². The number of benzene rings is 1. The number of nitrogens with zero attached hydrogens (tertiary/aromatic N) is 3. The van der Waals surface area contributed by atoms with Crippen LogP contribution in [-0.2, 0) is 16.1 Å². The number of anilines is 1. The highest BCUT2D eigenvalue weighted by molar-refractivity contribution is 7.13. The predicted molar refractivity (Wildman–Crippen MR) is 117 cm³/mol. The number of ether oxygens (including phenoxy) is 1. The summed E-state index contributed by atoms with van der Waals surface area (Å²) in [5.41, 5.74) is 0.580. The minimum Gasteiger partial charge on any atom is -0.364 e. The molecule has 1 atom stereocenters. The van der Waals surface area contributed by atoms with Gasteiger partial charge < -0.3 is 15.4 Å². The fourth-order valence-corrected chi connectivity index (χ4v) is 4.13. The predicted octanol–water partition coefficient (Wildman–Crippen LogP) is 2.95. The number of piperidine rings is 1. The fourth-order valence-electron chi connectivity index (χ4n) is 3.27. The van der Waals surface area contributed by atoms with E-state index in [2.05, 4.69) is 32.7 Å². The average Bonchev–Trinajstić information content (AvgIpc) is 3.19. The number of hydrogen-bond acceptors (Lipinski definition) is 7. The van der Waals surface area contributed by atoms with Crippen LogP contribution in [0.4, 0.5) is 5.69 Å². The molecule has 0 aliphatic carbocycles. The number of rotatable bonds is 9. The standard InChI is InChI=1S/C20H26ClN5O3S/c1-14-5-2-3-9-26(14)10-8-22-17(27)12-29-13-18-24-25-20(30-18)19(28)23-16-7-4-6-15(21)11-16/h4,6-7,11,14H,2-3,5,8-10,12-13H2,1H3,(H,22,27)(H,23,28)/t14-/m0/s1. The van der Waals surface area contributed by atoms with Gasteiger partial charge in [-0.1, -0.05) is 35.4 Å². The average molecular weight is 452 g/mol. The molecular weight excluding hydrogens is 426 g/mol. The van der Waals surface area contributed by atoms with Crippen LogP contribution in [0.25, 0.3) is 0 Å². The van der Waals surface area contributed by atoms with Gasteiger partial charge in [0.25, 0.3) is 5.91 Å². The second kappa shape index (κ2) is 11.4. The maximum Gasteiger partial charge on any atom is 0.286 e. The molecule has 1 aliphatic heterocycles. The smallest absolute Gasteiger partial charge is 0.286 e. The summed E-state index contributed by atoms with van der Waals surface area (Å²) in [5.74, 6) is -0.534. The van der Waals surface area contributed by atoms with E-state index in [-0.39, 0.29) is 30.0 Å². The molecule has 3 rings (SSSR count). The van der Waals surface area contributed by atoms with Crippen molar-refractivity contribution in [2.24, 2.45) is 0 Å². The summed E-state index contributed by atoms with van der Waals surface area (Å²) in [6.45, 7) is 4.86. The fraction of sp³-hybridized carbons (Fsp3) is 0.500. The van der Waals surface area contributed by atoms with Crippen LogP contribution in [0, 0.1) is 0 Å². The molecule has 2 aromatic rings. The second-order valence-electron chi connectivity index (χ2n) is 7.19. The molecule has 0 spiro atoms. The number of nitrogens with one attached hydrogen (secondary N) is 2. The summed E-state index contributed by atoms with van der Waals surface area (Å²) in [6.07, 6.45) is 3.73. The van der Waals surface area contributed by atoms with Crippen molar-refractivity contribution in [1.82, 2.24) is 20.4 Å². The Hall–Kier alpha value is -2.07. The lowest BCUT2D eigenvalue weighted by molar-refractivity contribution is -0.126. The van der Waals surface area contributed by atoms with Gasteiger partial charge in [0.05, 0.1) is 0 Å². The Morgan fingerprint density at radius 2 is 2.20 bits per heavy atom. The maximum absolute atomic E-state index is 12.2. The molecule has 0 bridgehead atoms. The molecule has 30 heavy (non-hydrogen) atoms. The molecular formula is C20H26ClN5O3S. The van der Waals surface area contributed by atoms with E-state index < -0.39 is 0 Å². The van der Waals surface area contributed by atoms with Crippen LogP contribution in [0.15, 0.2) is 24.3 Å². The van der Waals surface area contributed by atoms with E-state index in [1.165, 1.54) is 19.3 Å². The van der Waals surface area contributed by atoms with Crippen LogP contribution in [-0.4, -0.2) is 59.2 Å². The zero-order valence-electron chi connectivity index (χ0n) is 16.9. The molecule has 1 aliphatic rings. The van der Waals surface area contributed by atoms with Crippen molar-refractivity contribution in [2.75, 3.05) is 31.6 Å². The molecule has 162 valence electrons. The van der Waals surface area contributed by atoms with Gasteiger partial charge in [-0.3, -0.25) is 14.5 Å². The third-order valence-electron chi connectivity index (χ3n) is 4.86. The number of carbonyl (C=O) groups excluding carboxylic acids is 2. The zero-order chi connectivity index (χ0) is 21.3. The Balaban J connectivity index is 1.34. The summed E-state index contributed by atoms with van der Waals surface area (Å²) < 4.78 is 5.41. The molecule has 1 saturated heterocycles. The largest absolute Gasteiger partial charge is 0.364 e. The van der Waals surface area contributed by atoms with Crippen molar-refractivity contribution >= 4 is 40.4 Å². The summed E-state index contributed by atoms with van der Waals surface area (Å²) >= 11 is 7.03. The van der Waals surface area contributed by atoms with Gasteiger partial charge in [-0.25, -0.2) is 0 Å². The van der Waals surface area contributed by atoms with Crippen molar-refractivity contribution in [3.8, 4) is 0 Å². The lowest BCUT2D eigenvalue weighted by Gasteiger charge is -2.33. The first kappa shape index (κ1) is 22.6. The molecule has 2 N–H and O–H groups in total. The Morgan fingerprint density at radius 1 is 1.33 bits per heavy atom. The first-order chi connectivity index (χ1) is 14.5. The van der Waals surface area contributed by atoms with Crippen molar-refractivity contribution < 1.29 is 14.3 Å². The SMILES string of the molecule is C[C@H]1CCCCN1CCNC(=O)COCc1nnc(C(=O)Nc2cccc(Cl)c2)s1. The molecule has 0 unspecified atom stereocenters. The highest BCUT2D eigenvalue weighted by atomic mass is 35.5. The summed E-state index contributed by atoms with van der Waals surface area (Å²) in [4.78, 5) is 26.6. The zero-order valence-corrected chi connectivity index (χ0v) is 18.5. The van der Waals surface area contributed by atoms with E-state index in [0.717, 1.165) is 24.4 Å². The van der Waals surface area contributed by atoms with Crippen molar-refractivity contribution in [1.29, 1.82) is 0 Å². The van der Waals surface area contributed by atoms with E-state index in [1.54, 1.807) is 24.3 Å². The van der Waals surface area contributed by atoms with Gasteiger partial charge in [-0.2, -0.15) is 0 Å². The Morgan fingerprint density at radius 3 is 3.00 bits per heavy atom. The first-order valence-corrected chi connectivity index (χ1v) is 11.2. The monoisotopic (exact) mass is 451 g/mol. The van der Waals surface area contributed by atoms with Crippen LogP contribution < -0.4 is 10.6 Å². The Kier molecular flexibility index (Phi) is 8.56. The van der Waals surface area contributed by atoms with E-state index in [9.17, 15) is 9.59 Å². The van der Waals surface area contributed by atoms with E-state index in [0.29, 0.717) is 28.3 Å². The first-order valence-electron chi connectivity index (χ1n) is 9.99. The number of carbonyl (C=O) groups is 2. The quantitative estimate of drug-likeness (QED) is 0.608. The summed E-state index contributed by atoms with van der Waals surface area (Å²) in [6, 6.07) is 7.43. The van der Waals surface area contributed by atoms with Crippen LogP contribution >= 0.6 is 22.9 Å². The topological polar surface area (TPSA) is 96.5 Å².